The van der Waals surface area contributed by atoms with E-state index in [1.165, 1.54) is 0 Å². The zero-order valence-electron chi connectivity index (χ0n) is 10.6. The third kappa shape index (κ3) is 4.63. The number of benzene rings is 1. The Kier molecular flexibility index (Phi) is 4.35. The van der Waals surface area contributed by atoms with Crippen molar-refractivity contribution in [3.8, 4) is 0 Å². The molecule has 106 valence electrons. The summed E-state index contributed by atoms with van der Waals surface area (Å²) in [5.41, 5.74) is 3.53. The van der Waals surface area contributed by atoms with Gasteiger partial charge in [0.15, 0.2) is 5.78 Å². The predicted octanol–water partition coefficient (Wildman–Crippen LogP) is 3.54. The normalized spacial score (nSPS) is 12.6. The average molecular weight is 277 g/mol. The number of halogens is 4. The number of hydrogen-bond acceptors (Lipinski definition) is 2. The van der Waals surface area contributed by atoms with Crippen molar-refractivity contribution in [2.75, 3.05) is 0 Å². The highest BCUT2D eigenvalue weighted by molar-refractivity contribution is 5.96. The van der Waals surface area contributed by atoms with Gasteiger partial charge in [-0.1, -0.05) is 0 Å². The van der Waals surface area contributed by atoms with Gasteiger partial charge in [-0.2, -0.15) is 13.2 Å². The molecule has 6 heteroatoms. The fourth-order valence-electron chi connectivity index (χ4n) is 1.50. The molecule has 2 N–H and O–H groups in total. The highest BCUT2D eigenvalue weighted by atomic mass is 19.4. The smallest absolute Gasteiger partial charge is 0.326 e. The van der Waals surface area contributed by atoms with Gasteiger partial charge < -0.3 is 5.73 Å². The van der Waals surface area contributed by atoms with Crippen molar-refractivity contribution < 1.29 is 22.4 Å². The molecule has 2 nitrogen and oxygen atoms in total. The van der Waals surface area contributed by atoms with E-state index in [1.807, 2.05) is 0 Å². The fraction of sp³-hybridized carbons (Fsp3) is 0.462. The Hall–Kier alpha value is -1.43. The zero-order valence-corrected chi connectivity index (χ0v) is 10.6. The molecular formula is C13H15F4NO. The maximum absolute atomic E-state index is 13.1. The summed E-state index contributed by atoms with van der Waals surface area (Å²) in [4.78, 5) is 11.7. The van der Waals surface area contributed by atoms with E-state index in [2.05, 4.69) is 0 Å². The third-order valence-electron chi connectivity index (χ3n) is 2.59. The first-order valence-corrected chi connectivity index (χ1v) is 5.69. The van der Waals surface area contributed by atoms with Crippen LogP contribution >= 0.6 is 0 Å². The van der Waals surface area contributed by atoms with Crippen LogP contribution in [0.3, 0.4) is 0 Å². The topological polar surface area (TPSA) is 43.1 Å². The van der Waals surface area contributed by atoms with Crippen LogP contribution in [0.25, 0.3) is 0 Å². The summed E-state index contributed by atoms with van der Waals surface area (Å²) < 4.78 is 50.5. The Bertz CT molecular complexity index is 475. The monoisotopic (exact) mass is 277 g/mol. The van der Waals surface area contributed by atoms with Crippen LogP contribution in [-0.4, -0.2) is 11.3 Å². The van der Waals surface area contributed by atoms with E-state index in [0.717, 1.165) is 6.07 Å². The molecule has 0 aromatic heterocycles. The number of alkyl halides is 3. The summed E-state index contributed by atoms with van der Waals surface area (Å²) >= 11 is 0. The molecule has 0 atom stereocenters. The summed E-state index contributed by atoms with van der Waals surface area (Å²) in [6.07, 6.45) is -4.45. The minimum absolute atomic E-state index is 0.0203. The number of hydrogen-bond donors (Lipinski definition) is 1. The first-order chi connectivity index (χ1) is 8.50. The van der Waals surface area contributed by atoms with Gasteiger partial charge >= 0.3 is 6.18 Å². The molecule has 0 aliphatic carbocycles. The van der Waals surface area contributed by atoms with Crippen LogP contribution in [-0.2, 0) is 6.18 Å². The lowest BCUT2D eigenvalue weighted by atomic mass is 9.95. The molecule has 0 heterocycles. The molecule has 0 saturated heterocycles. The Balaban J connectivity index is 2.94. The van der Waals surface area contributed by atoms with Crippen LogP contribution in [0.1, 0.15) is 42.6 Å². The van der Waals surface area contributed by atoms with E-state index in [-0.39, 0.29) is 12.0 Å². The lowest BCUT2D eigenvalue weighted by Gasteiger charge is -2.17. The highest BCUT2D eigenvalue weighted by Crippen LogP contribution is 2.32. The van der Waals surface area contributed by atoms with E-state index in [1.54, 1.807) is 13.8 Å². The van der Waals surface area contributed by atoms with Crippen LogP contribution in [0, 0.1) is 5.82 Å². The fourth-order valence-corrected chi connectivity index (χ4v) is 1.50. The van der Waals surface area contributed by atoms with Crippen LogP contribution < -0.4 is 5.73 Å². The lowest BCUT2D eigenvalue weighted by Crippen LogP contribution is -2.32. The van der Waals surface area contributed by atoms with Crippen LogP contribution in [0.2, 0.25) is 0 Å². The summed E-state index contributed by atoms with van der Waals surface area (Å²) in [6, 6.07) is 2.25. The molecule has 0 radical (unpaired) electrons. The average Bonchev–Trinajstić information content (AvgIpc) is 2.24. The van der Waals surface area contributed by atoms with E-state index in [0.29, 0.717) is 18.6 Å². The minimum atomic E-state index is -4.81. The Morgan fingerprint density at radius 2 is 1.84 bits per heavy atom. The Morgan fingerprint density at radius 3 is 2.32 bits per heavy atom. The van der Waals surface area contributed by atoms with Gasteiger partial charge in [-0.25, -0.2) is 4.39 Å². The number of carbonyl (C=O) groups excluding carboxylic acids is 1. The number of ketones is 1. The van der Waals surface area contributed by atoms with Crippen molar-refractivity contribution in [1.82, 2.24) is 0 Å². The van der Waals surface area contributed by atoms with E-state index in [4.69, 9.17) is 5.73 Å². The van der Waals surface area contributed by atoms with Crippen molar-refractivity contribution in [2.45, 2.75) is 38.4 Å². The van der Waals surface area contributed by atoms with Gasteiger partial charge in [0.1, 0.15) is 5.82 Å². The van der Waals surface area contributed by atoms with Crippen LogP contribution in [0.15, 0.2) is 18.2 Å². The zero-order chi connectivity index (χ0) is 14.8. The van der Waals surface area contributed by atoms with Crippen molar-refractivity contribution in [1.29, 1.82) is 0 Å². The molecule has 0 aliphatic heterocycles. The quantitative estimate of drug-likeness (QED) is 0.675. The largest absolute Gasteiger partial charge is 0.419 e. The van der Waals surface area contributed by atoms with Crippen molar-refractivity contribution in [2.24, 2.45) is 5.73 Å². The molecule has 0 fully saturated rings. The van der Waals surface area contributed by atoms with E-state index in [9.17, 15) is 22.4 Å². The van der Waals surface area contributed by atoms with Crippen LogP contribution in [0.5, 0.6) is 0 Å². The molecule has 0 spiro atoms. The van der Waals surface area contributed by atoms with Gasteiger partial charge in [-0.05, 0) is 38.5 Å². The molecule has 0 aliphatic rings. The molecule has 19 heavy (non-hydrogen) atoms. The van der Waals surface area contributed by atoms with Gasteiger partial charge in [0.25, 0.3) is 0 Å². The standard InChI is InChI=1S/C13H15F4NO/c1-12(2,18)6-5-11(19)8-3-4-10(14)9(7-8)13(15,16)17/h3-4,7H,5-6,18H2,1-2H3. The first-order valence-electron chi connectivity index (χ1n) is 5.69. The summed E-state index contributed by atoms with van der Waals surface area (Å²) in [5, 5.41) is 0. The van der Waals surface area contributed by atoms with Gasteiger partial charge in [-0.15, -0.1) is 0 Å². The maximum atomic E-state index is 13.1. The summed E-state index contributed by atoms with van der Waals surface area (Å²) in [7, 11) is 0. The van der Waals surface area contributed by atoms with Crippen molar-refractivity contribution in [3.05, 3.63) is 35.1 Å². The Morgan fingerprint density at radius 1 is 1.26 bits per heavy atom. The Labute approximate surface area is 108 Å². The first kappa shape index (κ1) is 15.6. The van der Waals surface area contributed by atoms with Gasteiger partial charge in [-0.3, -0.25) is 4.79 Å². The SMILES string of the molecule is CC(C)(N)CCC(=O)c1ccc(F)c(C(F)(F)F)c1. The second-order valence-electron chi connectivity index (χ2n) is 5.10. The molecule has 0 saturated carbocycles. The van der Waals surface area contributed by atoms with Crippen LogP contribution in [0.4, 0.5) is 17.6 Å². The highest BCUT2D eigenvalue weighted by Gasteiger charge is 2.34. The number of rotatable bonds is 4. The number of nitrogens with two attached hydrogens (primary N) is 1. The lowest BCUT2D eigenvalue weighted by molar-refractivity contribution is -0.140. The van der Waals surface area contributed by atoms with Gasteiger partial charge in [0, 0.05) is 17.5 Å². The molecule has 1 rings (SSSR count). The minimum Gasteiger partial charge on any atom is -0.326 e. The van der Waals surface area contributed by atoms with Crippen molar-refractivity contribution in [3.63, 3.8) is 0 Å². The molecule has 0 unspecified atom stereocenters. The molecule has 0 amide bonds. The van der Waals surface area contributed by atoms with E-state index >= 15 is 0 Å². The maximum Gasteiger partial charge on any atom is 0.419 e. The van der Waals surface area contributed by atoms with Gasteiger partial charge in [0.2, 0.25) is 0 Å². The molecular weight excluding hydrogens is 262 g/mol. The number of carbonyl (C=O) groups is 1. The molecule has 1 aromatic rings. The summed E-state index contributed by atoms with van der Waals surface area (Å²) in [6.45, 7) is 3.43. The van der Waals surface area contributed by atoms with Gasteiger partial charge in [0.05, 0.1) is 5.56 Å². The van der Waals surface area contributed by atoms with Crippen molar-refractivity contribution >= 4 is 5.78 Å². The molecule has 0 bridgehead atoms. The third-order valence-corrected chi connectivity index (χ3v) is 2.59. The second kappa shape index (κ2) is 5.28. The predicted molar refractivity (Wildman–Crippen MR) is 63.2 cm³/mol. The molecule has 1 aromatic carbocycles. The summed E-state index contributed by atoms with van der Waals surface area (Å²) in [5.74, 6) is -1.87. The second-order valence-corrected chi connectivity index (χ2v) is 5.10. The number of Topliss-reactive ketones (excluding diaryl/α,β-unsaturated/α-hetero) is 1. The van der Waals surface area contributed by atoms with E-state index < -0.39 is 28.9 Å².